The van der Waals surface area contributed by atoms with Crippen LogP contribution in [0.5, 0.6) is 0 Å². The summed E-state index contributed by atoms with van der Waals surface area (Å²) in [6, 6.07) is 4.04. The third-order valence-electron chi connectivity index (χ3n) is 4.55. The van der Waals surface area contributed by atoms with Gasteiger partial charge in [0.2, 0.25) is 11.8 Å². The Morgan fingerprint density at radius 1 is 1.17 bits per heavy atom. The van der Waals surface area contributed by atoms with E-state index in [-0.39, 0.29) is 11.8 Å². The summed E-state index contributed by atoms with van der Waals surface area (Å²) in [4.78, 5) is 25.1. The lowest BCUT2D eigenvalue weighted by Crippen LogP contribution is -2.38. The van der Waals surface area contributed by atoms with Crippen molar-refractivity contribution in [1.29, 1.82) is 0 Å². The monoisotopic (exact) mass is 338 g/mol. The van der Waals surface area contributed by atoms with Gasteiger partial charge in [0, 0.05) is 33.0 Å². The van der Waals surface area contributed by atoms with Crippen LogP contribution in [-0.2, 0) is 16.0 Å². The molecule has 0 bridgehead atoms. The standard InChI is InChI=1S/C18H24F2N2O2/c1-21-17(23)3-2-4-18(24)22-9-7-13(8-10-22)11-14-5-6-15(19)16(20)12-14/h5-6,12-13H,2-4,7-11H2,1H3,(H,21,23). The van der Waals surface area contributed by atoms with Crippen LogP contribution >= 0.6 is 0 Å². The third-order valence-corrected chi connectivity index (χ3v) is 4.55. The molecule has 1 heterocycles. The SMILES string of the molecule is CNC(=O)CCCC(=O)N1CCC(Cc2ccc(F)c(F)c2)CC1. The molecular formula is C18H24F2N2O2. The minimum atomic E-state index is -0.823. The van der Waals surface area contributed by atoms with Gasteiger partial charge >= 0.3 is 0 Å². The van der Waals surface area contributed by atoms with Crippen LogP contribution in [0.3, 0.4) is 0 Å². The van der Waals surface area contributed by atoms with E-state index >= 15 is 0 Å². The molecule has 24 heavy (non-hydrogen) atoms. The second-order valence-corrected chi connectivity index (χ2v) is 6.30. The third kappa shape index (κ3) is 5.28. The van der Waals surface area contributed by atoms with Crippen LogP contribution in [-0.4, -0.2) is 36.9 Å². The Bertz CT molecular complexity index is 584. The first-order valence-electron chi connectivity index (χ1n) is 8.42. The number of carbonyl (C=O) groups is 2. The lowest BCUT2D eigenvalue weighted by Gasteiger charge is -2.32. The second kappa shape index (κ2) is 8.76. The number of carbonyl (C=O) groups excluding carboxylic acids is 2. The van der Waals surface area contributed by atoms with Crippen molar-refractivity contribution < 1.29 is 18.4 Å². The molecule has 0 atom stereocenters. The molecule has 1 aliphatic heterocycles. The van der Waals surface area contributed by atoms with Gasteiger partial charge < -0.3 is 10.2 Å². The molecule has 1 fully saturated rings. The van der Waals surface area contributed by atoms with E-state index in [1.54, 1.807) is 13.1 Å². The van der Waals surface area contributed by atoms with Crippen LogP contribution in [0.25, 0.3) is 0 Å². The largest absolute Gasteiger partial charge is 0.359 e. The first-order chi connectivity index (χ1) is 11.5. The molecule has 1 N–H and O–H groups in total. The highest BCUT2D eigenvalue weighted by Gasteiger charge is 2.23. The Morgan fingerprint density at radius 3 is 2.50 bits per heavy atom. The Balaban J connectivity index is 1.73. The lowest BCUT2D eigenvalue weighted by molar-refractivity contribution is -0.132. The summed E-state index contributed by atoms with van der Waals surface area (Å²) < 4.78 is 26.2. The Kier molecular flexibility index (Phi) is 6.70. The lowest BCUT2D eigenvalue weighted by atomic mass is 9.90. The summed E-state index contributed by atoms with van der Waals surface area (Å²) in [5.41, 5.74) is 0.796. The van der Waals surface area contributed by atoms with Crippen LogP contribution in [0, 0.1) is 17.6 Å². The fourth-order valence-corrected chi connectivity index (χ4v) is 3.07. The van der Waals surface area contributed by atoms with Crippen molar-refractivity contribution >= 4 is 11.8 Å². The fourth-order valence-electron chi connectivity index (χ4n) is 3.07. The molecule has 0 saturated carbocycles. The number of hydrogen-bond donors (Lipinski definition) is 1. The molecule has 0 aliphatic carbocycles. The van der Waals surface area contributed by atoms with Crippen molar-refractivity contribution in [3.05, 3.63) is 35.4 Å². The van der Waals surface area contributed by atoms with Crippen molar-refractivity contribution in [3.63, 3.8) is 0 Å². The van der Waals surface area contributed by atoms with Gasteiger partial charge in [-0.2, -0.15) is 0 Å². The van der Waals surface area contributed by atoms with Crippen molar-refractivity contribution in [1.82, 2.24) is 10.2 Å². The molecule has 1 saturated heterocycles. The molecule has 1 aromatic rings. The van der Waals surface area contributed by atoms with Crippen LogP contribution < -0.4 is 5.32 Å². The average molecular weight is 338 g/mol. The predicted octanol–water partition coefficient (Wildman–Crippen LogP) is 2.66. The number of amides is 2. The van der Waals surface area contributed by atoms with Crippen molar-refractivity contribution in [2.45, 2.75) is 38.5 Å². The number of hydrogen-bond acceptors (Lipinski definition) is 2. The number of rotatable bonds is 6. The number of likely N-dealkylation sites (tertiary alicyclic amines) is 1. The van der Waals surface area contributed by atoms with Gasteiger partial charge in [-0.1, -0.05) is 6.07 Å². The quantitative estimate of drug-likeness (QED) is 0.867. The zero-order valence-electron chi connectivity index (χ0n) is 14.0. The van der Waals surface area contributed by atoms with Gasteiger partial charge in [0.15, 0.2) is 11.6 Å². The maximum absolute atomic E-state index is 13.2. The number of piperidine rings is 1. The predicted molar refractivity (Wildman–Crippen MR) is 87.3 cm³/mol. The Hall–Kier alpha value is -1.98. The van der Waals surface area contributed by atoms with Gasteiger partial charge in [-0.05, 0) is 49.3 Å². The van der Waals surface area contributed by atoms with Crippen molar-refractivity contribution in [2.75, 3.05) is 20.1 Å². The maximum atomic E-state index is 13.2. The van der Waals surface area contributed by atoms with Crippen LogP contribution in [0.2, 0.25) is 0 Å². The van der Waals surface area contributed by atoms with Crippen LogP contribution in [0.1, 0.15) is 37.7 Å². The molecule has 6 heteroatoms. The van der Waals surface area contributed by atoms with Gasteiger partial charge in [-0.25, -0.2) is 8.78 Å². The normalized spacial score (nSPS) is 15.4. The van der Waals surface area contributed by atoms with Crippen molar-refractivity contribution in [3.8, 4) is 0 Å². The highest BCUT2D eigenvalue weighted by atomic mass is 19.2. The van der Waals surface area contributed by atoms with Crippen LogP contribution in [0.15, 0.2) is 18.2 Å². The van der Waals surface area contributed by atoms with E-state index in [9.17, 15) is 18.4 Å². The van der Waals surface area contributed by atoms with Gasteiger partial charge in [0.1, 0.15) is 0 Å². The number of halogens is 2. The minimum Gasteiger partial charge on any atom is -0.359 e. The second-order valence-electron chi connectivity index (χ2n) is 6.30. The van der Waals surface area contributed by atoms with Gasteiger partial charge in [-0.3, -0.25) is 9.59 Å². The number of nitrogens with one attached hydrogen (secondary N) is 1. The molecule has 0 radical (unpaired) electrons. The fraction of sp³-hybridized carbons (Fsp3) is 0.556. The van der Waals surface area contributed by atoms with Gasteiger partial charge in [-0.15, -0.1) is 0 Å². The molecule has 132 valence electrons. The number of nitrogens with zero attached hydrogens (tertiary/aromatic N) is 1. The van der Waals surface area contributed by atoms with E-state index in [1.165, 1.54) is 6.07 Å². The molecule has 4 nitrogen and oxygen atoms in total. The summed E-state index contributed by atoms with van der Waals surface area (Å²) in [6.45, 7) is 1.38. The molecule has 1 aromatic carbocycles. The van der Waals surface area contributed by atoms with E-state index in [2.05, 4.69) is 5.32 Å². The van der Waals surface area contributed by atoms with E-state index in [0.717, 1.165) is 24.5 Å². The minimum absolute atomic E-state index is 0.0481. The molecule has 0 aromatic heterocycles. The molecule has 0 unspecified atom stereocenters. The van der Waals surface area contributed by atoms with Gasteiger partial charge in [0.25, 0.3) is 0 Å². The van der Waals surface area contributed by atoms with E-state index in [4.69, 9.17) is 0 Å². The van der Waals surface area contributed by atoms with E-state index < -0.39 is 11.6 Å². The summed E-state index contributed by atoms with van der Waals surface area (Å²) >= 11 is 0. The smallest absolute Gasteiger partial charge is 0.222 e. The summed E-state index contributed by atoms with van der Waals surface area (Å²) in [6.07, 6.45) is 3.75. The highest BCUT2D eigenvalue weighted by molar-refractivity contribution is 5.78. The summed E-state index contributed by atoms with van der Waals surface area (Å²) in [7, 11) is 1.59. The first-order valence-corrected chi connectivity index (χ1v) is 8.42. The van der Waals surface area contributed by atoms with Crippen LogP contribution in [0.4, 0.5) is 8.78 Å². The summed E-state index contributed by atoms with van der Waals surface area (Å²) in [5, 5.41) is 2.54. The maximum Gasteiger partial charge on any atom is 0.222 e. The van der Waals surface area contributed by atoms with Gasteiger partial charge in [0.05, 0.1) is 0 Å². The molecule has 2 amide bonds. The van der Waals surface area contributed by atoms with E-state index in [0.29, 0.717) is 44.7 Å². The topological polar surface area (TPSA) is 49.4 Å². The molecule has 0 spiro atoms. The zero-order valence-corrected chi connectivity index (χ0v) is 14.0. The van der Waals surface area contributed by atoms with E-state index in [1.807, 2.05) is 4.90 Å². The molecular weight excluding hydrogens is 314 g/mol. The van der Waals surface area contributed by atoms with Crippen molar-refractivity contribution in [2.24, 2.45) is 5.92 Å². The zero-order chi connectivity index (χ0) is 17.5. The highest BCUT2D eigenvalue weighted by Crippen LogP contribution is 2.23. The number of benzene rings is 1. The first kappa shape index (κ1) is 18.4. The molecule has 1 aliphatic rings. The Labute approximate surface area is 141 Å². The summed E-state index contributed by atoms with van der Waals surface area (Å²) in [5.74, 6) is -1.21. The average Bonchev–Trinajstić information content (AvgIpc) is 2.58. The Morgan fingerprint density at radius 2 is 1.88 bits per heavy atom. The molecule has 2 rings (SSSR count).